The van der Waals surface area contributed by atoms with Gasteiger partial charge < -0.3 is 28.5 Å². The summed E-state index contributed by atoms with van der Waals surface area (Å²) in [7, 11) is 1.14. The van der Waals surface area contributed by atoms with Gasteiger partial charge >= 0.3 is 5.97 Å². The number of ether oxygens (including phenoxy) is 1. The highest BCUT2D eigenvalue weighted by atomic mass is 31.2. The van der Waals surface area contributed by atoms with Crippen LogP contribution in [0, 0.1) is 0 Å². The Bertz CT molecular complexity index is 1770. The number of carbonyl (C=O) groups excluding carboxylic acids is 2. The minimum absolute atomic E-state index is 0.0376. The summed E-state index contributed by atoms with van der Waals surface area (Å²) in [6, 6.07) is -0.919. The van der Waals surface area contributed by atoms with Crippen LogP contribution in [0.15, 0.2) is 122 Å². The van der Waals surface area contributed by atoms with Crippen LogP contribution in [-0.2, 0) is 27.9 Å². The zero-order valence-electron chi connectivity index (χ0n) is 51.5. The molecule has 0 rings (SSSR count). The second kappa shape index (κ2) is 57.6. The van der Waals surface area contributed by atoms with Crippen molar-refractivity contribution in [1.82, 2.24) is 5.32 Å². The molecule has 0 heterocycles. The van der Waals surface area contributed by atoms with Gasteiger partial charge in [0.2, 0.25) is 5.91 Å². The van der Waals surface area contributed by atoms with Gasteiger partial charge in [0.1, 0.15) is 19.3 Å². The number of phosphoric ester groups is 1. The quantitative estimate of drug-likeness (QED) is 0.0212. The second-order valence-electron chi connectivity index (χ2n) is 22.2. The molecule has 9 nitrogen and oxygen atoms in total. The third-order valence-electron chi connectivity index (χ3n) is 13.4. The lowest BCUT2D eigenvalue weighted by molar-refractivity contribution is -0.870. The van der Waals surface area contributed by atoms with E-state index in [0.717, 1.165) is 116 Å². The lowest BCUT2D eigenvalue weighted by Gasteiger charge is -2.30. The number of amides is 1. The van der Waals surface area contributed by atoms with Crippen molar-refractivity contribution in [3.8, 4) is 0 Å². The predicted molar refractivity (Wildman–Crippen MR) is 339 cm³/mol. The standard InChI is InChI=1S/C69H119N2O7P/c1-7-10-13-16-19-22-25-27-29-31-33-34-35-36-38-40-42-44-47-50-53-56-59-62-69(73)78-67(60-57-54-51-48-45-24-21-18-15-12-9-3)66(65-77-79(74,75)76-64-63-71(4,5)6)70-68(72)61-58-55-52-49-46-43-41-39-37-32-30-28-26-23-20-17-14-11-8-2/h11,14,19-20,22-23,27-30,33-34,36-39,43,46,57,60,66-67H,7-10,12-13,15-18,21,24-26,31-32,35,40-42,44-45,47-56,58-59,61-65H2,1-6H3,(H-,70,72,74,75)/b14-11-,22-19-,23-20-,29-27-,30-28-,34-33-,38-36-,39-37-,46-43-,60-57+. The highest BCUT2D eigenvalue weighted by Crippen LogP contribution is 2.38. The van der Waals surface area contributed by atoms with Gasteiger partial charge in [-0.2, -0.15) is 0 Å². The maximum absolute atomic E-state index is 13.5. The lowest BCUT2D eigenvalue weighted by Crippen LogP contribution is -2.47. The smallest absolute Gasteiger partial charge is 0.306 e. The van der Waals surface area contributed by atoms with Gasteiger partial charge in [-0.1, -0.05) is 239 Å². The number of unbranched alkanes of at least 4 members (excludes halogenated alkanes) is 22. The maximum atomic E-state index is 13.5. The van der Waals surface area contributed by atoms with E-state index in [1.54, 1.807) is 0 Å². The first kappa shape index (κ1) is 75.4. The van der Waals surface area contributed by atoms with E-state index in [9.17, 15) is 19.0 Å². The summed E-state index contributed by atoms with van der Waals surface area (Å²) < 4.78 is 30.3. The molecule has 452 valence electrons. The Labute approximate surface area is 486 Å². The average molecular weight is 1120 g/mol. The first-order chi connectivity index (χ1) is 38.4. The van der Waals surface area contributed by atoms with Crippen molar-refractivity contribution in [2.24, 2.45) is 0 Å². The van der Waals surface area contributed by atoms with Crippen LogP contribution in [0.25, 0.3) is 0 Å². The van der Waals surface area contributed by atoms with Gasteiger partial charge in [0, 0.05) is 12.8 Å². The molecule has 0 aliphatic rings. The summed E-state index contributed by atoms with van der Waals surface area (Å²) >= 11 is 0. The fraction of sp³-hybridized carbons (Fsp3) is 0.681. The first-order valence-corrected chi connectivity index (χ1v) is 33.3. The van der Waals surface area contributed by atoms with Crippen molar-refractivity contribution in [3.05, 3.63) is 122 Å². The molecule has 1 N–H and O–H groups in total. The fourth-order valence-corrected chi connectivity index (χ4v) is 9.19. The first-order valence-electron chi connectivity index (χ1n) is 31.8. The molecule has 3 unspecified atom stereocenters. The Hall–Kier alpha value is -3.59. The number of hydrogen-bond donors (Lipinski definition) is 1. The molecular formula is C69H119N2O7P. The zero-order chi connectivity index (χ0) is 57.9. The maximum Gasteiger partial charge on any atom is 0.306 e. The van der Waals surface area contributed by atoms with E-state index < -0.39 is 26.6 Å². The monoisotopic (exact) mass is 1120 g/mol. The number of nitrogens with one attached hydrogen (secondary N) is 1. The van der Waals surface area contributed by atoms with Crippen LogP contribution in [0.2, 0.25) is 0 Å². The average Bonchev–Trinajstić information content (AvgIpc) is 3.41. The van der Waals surface area contributed by atoms with Gasteiger partial charge in [-0.25, -0.2) is 0 Å². The van der Waals surface area contributed by atoms with E-state index in [-0.39, 0.29) is 31.3 Å². The third kappa shape index (κ3) is 58.9. The normalized spacial score (nSPS) is 14.5. The second-order valence-corrected chi connectivity index (χ2v) is 23.6. The summed E-state index contributed by atoms with van der Waals surface area (Å²) in [6.07, 6.45) is 80.2. The van der Waals surface area contributed by atoms with Crippen LogP contribution in [0.3, 0.4) is 0 Å². The molecule has 0 radical (unpaired) electrons. The highest BCUT2D eigenvalue weighted by Gasteiger charge is 2.27. The zero-order valence-corrected chi connectivity index (χ0v) is 52.4. The number of likely N-dealkylation sites (N-methyl/N-ethyl adjacent to an activating group) is 1. The molecular weight excluding hydrogens is 1000 g/mol. The topological polar surface area (TPSA) is 114 Å². The molecule has 10 heteroatoms. The Kier molecular flexibility index (Phi) is 55.0. The molecule has 0 aliphatic carbocycles. The Balaban J connectivity index is 5.27. The molecule has 0 aliphatic heterocycles. The van der Waals surface area contributed by atoms with Crippen molar-refractivity contribution in [2.45, 2.75) is 264 Å². The summed E-state index contributed by atoms with van der Waals surface area (Å²) in [5, 5.41) is 3.00. The number of nitrogens with zero attached hydrogens (tertiary/aromatic N) is 1. The van der Waals surface area contributed by atoms with Gasteiger partial charge in [0.05, 0.1) is 33.8 Å². The van der Waals surface area contributed by atoms with Crippen molar-refractivity contribution in [2.75, 3.05) is 40.9 Å². The van der Waals surface area contributed by atoms with Gasteiger partial charge in [-0.15, -0.1) is 0 Å². The summed E-state index contributed by atoms with van der Waals surface area (Å²) in [5.41, 5.74) is 0. The van der Waals surface area contributed by atoms with Crippen LogP contribution >= 0.6 is 7.82 Å². The summed E-state index contributed by atoms with van der Waals surface area (Å²) in [5.74, 6) is -0.599. The molecule has 79 heavy (non-hydrogen) atoms. The SMILES string of the molecule is CC/C=C\C/C=C\C/C=C\C/C=C\C/C=C\CCCCCC(=O)NC(COP(=O)([O-])OCC[N+](C)(C)C)C(/C=C/CCCCCCCCCCC)OC(=O)CCCCCCCCC/C=C\C/C=C\C/C=C\C/C=C\CCCCC. The van der Waals surface area contributed by atoms with Crippen molar-refractivity contribution in [3.63, 3.8) is 0 Å². The molecule has 0 fully saturated rings. The Morgan fingerprint density at radius 2 is 0.810 bits per heavy atom. The molecule has 0 bridgehead atoms. The molecule has 0 saturated heterocycles. The molecule has 0 aromatic carbocycles. The van der Waals surface area contributed by atoms with E-state index in [0.29, 0.717) is 23.9 Å². The van der Waals surface area contributed by atoms with Crippen molar-refractivity contribution in [1.29, 1.82) is 0 Å². The molecule has 0 spiro atoms. The van der Waals surface area contributed by atoms with Crippen LogP contribution in [0.1, 0.15) is 252 Å². The molecule has 0 aromatic rings. The Morgan fingerprint density at radius 1 is 0.456 bits per heavy atom. The third-order valence-corrected chi connectivity index (χ3v) is 14.3. The van der Waals surface area contributed by atoms with Crippen LogP contribution < -0.4 is 10.2 Å². The number of hydrogen-bond acceptors (Lipinski definition) is 7. The molecule has 0 aromatic heterocycles. The lowest BCUT2D eigenvalue weighted by atomic mass is 10.1. The molecule has 3 atom stereocenters. The summed E-state index contributed by atoms with van der Waals surface area (Å²) in [4.78, 5) is 40.0. The number of esters is 1. The summed E-state index contributed by atoms with van der Waals surface area (Å²) in [6.45, 7) is 6.65. The predicted octanol–water partition coefficient (Wildman–Crippen LogP) is 19.3. The number of quaternary nitrogens is 1. The van der Waals surface area contributed by atoms with Crippen molar-refractivity contribution >= 4 is 19.7 Å². The van der Waals surface area contributed by atoms with Gasteiger partial charge in [0.25, 0.3) is 7.82 Å². The highest BCUT2D eigenvalue weighted by molar-refractivity contribution is 7.45. The minimum atomic E-state index is -4.72. The number of phosphoric acid groups is 1. The van der Waals surface area contributed by atoms with Crippen molar-refractivity contribution < 1.29 is 37.3 Å². The van der Waals surface area contributed by atoms with Crippen LogP contribution in [0.5, 0.6) is 0 Å². The van der Waals surface area contributed by atoms with E-state index >= 15 is 0 Å². The number of allylic oxidation sites excluding steroid dienone is 19. The van der Waals surface area contributed by atoms with Gasteiger partial charge in [0.15, 0.2) is 0 Å². The molecule has 0 saturated carbocycles. The van der Waals surface area contributed by atoms with E-state index in [1.807, 2.05) is 33.3 Å². The number of rotatable bonds is 56. The van der Waals surface area contributed by atoms with E-state index in [2.05, 4.69) is 135 Å². The number of carbonyl (C=O) groups is 2. The van der Waals surface area contributed by atoms with Gasteiger partial charge in [-0.05, 0) is 122 Å². The largest absolute Gasteiger partial charge is 0.756 e. The van der Waals surface area contributed by atoms with E-state index in [4.69, 9.17) is 13.8 Å². The Morgan fingerprint density at radius 3 is 1.25 bits per heavy atom. The minimum Gasteiger partial charge on any atom is -0.756 e. The van der Waals surface area contributed by atoms with Crippen LogP contribution in [-0.4, -0.2) is 69.4 Å². The fourth-order valence-electron chi connectivity index (χ4n) is 8.47. The molecule has 1 amide bonds. The van der Waals surface area contributed by atoms with Crippen LogP contribution in [0.4, 0.5) is 0 Å². The van der Waals surface area contributed by atoms with Gasteiger partial charge in [-0.3, -0.25) is 14.2 Å². The van der Waals surface area contributed by atoms with E-state index in [1.165, 1.54) is 89.9 Å².